The molecule has 0 saturated carbocycles. The molecule has 0 unspecified atom stereocenters. The summed E-state index contributed by atoms with van der Waals surface area (Å²) in [5, 5.41) is 0. The second-order valence-electron chi connectivity index (χ2n) is 7.27. The lowest BCUT2D eigenvalue weighted by Crippen LogP contribution is -2.45. The fourth-order valence-corrected chi connectivity index (χ4v) is 4.79. The molecule has 0 N–H and O–H groups in total. The minimum atomic E-state index is -4.49. The monoisotopic (exact) mass is 411 g/mol. The molecule has 1 atom stereocenters. The summed E-state index contributed by atoms with van der Waals surface area (Å²) in [6.45, 7) is 1.72. The lowest BCUT2D eigenvalue weighted by Gasteiger charge is -2.38. The fourth-order valence-electron chi connectivity index (χ4n) is 4.21. The van der Waals surface area contributed by atoms with Crippen molar-refractivity contribution in [3.05, 3.63) is 34.7 Å². The molecular formula is C18H20F3N5OS. The van der Waals surface area contributed by atoms with Gasteiger partial charge in [-0.2, -0.15) is 13.2 Å². The number of anilines is 1. The molecule has 2 saturated heterocycles. The van der Waals surface area contributed by atoms with Crippen LogP contribution in [0.3, 0.4) is 0 Å². The highest BCUT2D eigenvalue weighted by atomic mass is 32.1. The lowest BCUT2D eigenvalue weighted by atomic mass is 9.87. The normalized spacial score (nSPS) is 23.5. The zero-order chi connectivity index (χ0) is 19.8. The second-order valence-corrected chi connectivity index (χ2v) is 8.24. The molecule has 28 heavy (non-hydrogen) atoms. The maximum absolute atomic E-state index is 13.0. The Kier molecular flexibility index (Phi) is 4.98. The Morgan fingerprint density at radius 3 is 2.79 bits per heavy atom. The molecular weight excluding hydrogens is 391 g/mol. The van der Waals surface area contributed by atoms with Crippen molar-refractivity contribution < 1.29 is 18.0 Å². The van der Waals surface area contributed by atoms with E-state index in [1.165, 1.54) is 11.3 Å². The molecule has 150 valence electrons. The Labute approximate surface area is 164 Å². The van der Waals surface area contributed by atoms with Crippen molar-refractivity contribution in [1.82, 2.24) is 19.9 Å². The Morgan fingerprint density at radius 2 is 2.04 bits per heavy atom. The summed E-state index contributed by atoms with van der Waals surface area (Å²) < 4.78 is 38.9. The standard InChI is InChI=1S/C18H20F3N5OS/c19-18(20,21)14-8-15(24-11-23-14)25-6-1-3-17(5-7-25)4-2-16(27)26(17)10-13-9-22-12-28-13/h8-9,11-12H,1-7,10H2/t17-/m1/s1. The van der Waals surface area contributed by atoms with Crippen LogP contribution in [0.15, 0.2) is 24.1 Å². The van der Waals surface area contributed by atoms with E-state index in [2.05, 4.69) is 15.0 Å². The third-order valence-electron chi connectivity index (χ3n) is 5.66. The molecule has 2 aliphatic heterocycles. The van der Waals surface area contributed by atoms with E-state index in [4.69, 9.17) is 0 Å². The van der Waals surface area contributed by atoms with Crippen LogP contribution in [0.1, 0.15) is 42.7 Å². The Balaban J connectivity index is 1.52. The SMILES string of the molecule is O=C1CC[C@@]2(CCCN(c3cc(C(F)(F)F)ncn3)CC2)N1Cc1cncs1. The minimum absolute atomic E-state index is 0.142. The van der Waals surface area contributed by atoms with Gasteiger partial charge in [-0.05, 0) is 25.7 Å². The van der Waals surface area contributed by atoms with Crippen LogP contribution >= 0.6 is 11.3 Å². The number of carbonyl (C=O) groups excluding carboxylic acids is 1. The smallest absolute Gasteiger partial charge is 0.356 e. The van der Waals surface area contributed by atoms with Crippen LogP contribution in [-0.2, 0) is 17.5 Å². The van der Waals surface area contributed by atoms with Gasteiger partial charge in [0.25, 0.3) is 0 Å². The topological polar surface area (TPSA) is 62.2 Å². The number of nitrogens with zero attached hydrogens (tertiary/aromatic N) is 5. The highest BCUT2D eigenvalue weighted by Crippen LogP contribution is 2.41. The van der Waals surface area contributed by atoms with Gasteiger partial charge in [0.15, 0.2) is 0 Å². The van der Waals surface area contributed by atoms with Crippen molar-refractivity contribution in [3.63, 3.8) is 0 Å². The van der Waals surface area contributed by atoms with E-state index >= 15 is 0 Å². The molecule has 0 radical (unpaired) electrons. The zero-order valence-electron chi connectivity index (χ0n) is 15.2. The van der Waals surface area contributed by atoms with Crippen molar-refractivity contribution >= 4 is 23.1 Å². The summed E-state index contributed by atoms with van der Waals surface area (Å²) >= 11 is 1.53. The van der Waals surface area contributed by atoms with Gasteiger partial charge in [0.2, 0.25) is 5.91 Å². The molecule has 1 amide bonds. The highest BCUT2D eigenvalue weighted by Gasteiger charge is 2.46. The number of thiazole rings is 1. The van der Waals surface area contributed by atoms with Gasteiger partial charge in [-0.25, -0.2) is 9.97 Å². The summed E-state index contributed by atoms with van der Waals surface area (Å²) in [5.41, 5.74) is 0.583. The van der Waals surface area contributed by atoms with Crippen LogP contribution in [0.25, 0.3) is 0 Å². The Hall–Kier alpha value is -2.23. The van der Waals surface area contributed by atoms with E-state index in [-0.39, 0.29) is 17.3 Å². The van der Waals surface area contributed by atoms with Crippen LogP contribution in [-0.4, -0.2) is 44.4 Å². The van der Waals surface area contributed by atoms with Crippen molar-refractivity contribution in [3.8, 4) is 0 Å². The summed E-state index contributed by atoms with van der Waals surface area (Å²) in [5.74, 6) is 0.431. The van der Waals surface area contributed by atoms with E-state index in [9.17, 15) is 18.0 Å². The molecule has 2 aromatic heterocycles. The average molecular weight is 411 g/mol. The molecule has 0 bridgehead atoms. The first kappa shape index (κ1) is 19.1. The quantitative estimate of drug-likeness (QED) is 0.774. The van der Waals surface area contributed by atoms with Crippen molar-refractivity contribution in [2.75, 3.05) is 18.0 Å². The first-order valence-electron chi connectivity index (χ1n) is 9.19. The van der Waals surface area contributed by atoms with Crippen LogP contribution in [0.2, 0.25) is 0 Å². The van der Waals surface area contributed by atoms with Crippen LogP contribution in [0, 0.1) is 0 Å². The maximum Gasteiger partial charge on any atom is 0.433 e. The lowest BCUT2D eigenvalue weighted by molar-refractivity contribution is -0.141. The number of hydrogen-bond donors (Lipinski definition) is 0. The molecule has 4 heterocycles. The van der Waals surface area contributed by atoms with E-state index < -0.39 is 11.9 Å². The van der Waals surface area contributed by atoms with Crippen LogP contribution in [0.5, 0.6) is 0 Å². The number of likely N-dealkylation sites (tertiary alicyclic amines) is 1. The first-order chi connectivity index (χ1) is 13.4. The number of carbonyl (C=O) groups is 1. The number of alkyl halides is 3. The number of aromatic nitrogens is 3. The van der Waals surface area contributed by atoms with E-state index in [1.807, 2.05) is 9.80 Å². The molecule has 2 fully saturated rings. The first-order valence-corrected chi connectivity index (χ1v) is 10.1. The molecule has 2 aliphatic rings. The molecule has 10 heteroatoms. The predicted octanol–water partition coefficient (Wildman–Crippen LogP) is 3.50. The van der Waals surface area contributed by atoms with E-state index in [1.54, 1.807) is 11.7 Å². The summed E-state index contributed by atoms with van der Waals surface area (Å²) in [7, 11) is 0. The molecule has 0 aromatic carbocycles. The third kappa shape index (κ3) is 3.69. The van der Waals surface area contributed by atoms with Crippen LogP contribution < -0.4 is 4.90 Å². The molecule has 0 aliphatic carbocycles. The summed E-state index contributed by atoms with van der Waals surface area (Å²) in [6.07, 6.45) is 1.90. The van der Waals surface area contributed by atoms with Crippen molar-refractivity contribution in [1.29, 1.82) is 0 Å². The highest BCUT2D eigenvalue weighted by molar-refractivity contribution is 7.09. The van der Waals surface area contributed by atoms with Crippen LogP contribution in [0.4, 0.5) is 19.0 Å². The van der Waals surface area contributed by atoms with Crippen molar-refractivity contribution in [2.45, 2.75) is 50.4 Å². The molecule has 6 nitrogen and oxygen atoms in total. The number of amides is 1. The van der Waals surface area contributed by atoms with Gasteiger partial charge in [0.1, 0.15) is 17.8 Å². The van der Waals surface area contributed by atoms with Gasteiger partial charge in [-0.3, -0.25) is 9.78 Å². The third-order valence-corrected chi connectivity index (χ3v) is 6.42. The largest absolute Gasteiger partial charge is 0.433 e. The van der Waals surface area contributed by atoms with Gasteiger partial charge >= 0.3 is 6.18 Å². The van der Waals surface area contributed by atoms with Crippen molar-refractivity contribution in [2.24, 2.45) is 0 Å². The second kappa shape index (κ2) is 7.31. The van der Waals surface area contributed by atoms with Gasteiger partial charge in [0.05, 0.1) is 12.1 Å². The van der Waals surface area contributed by atoms with Gasteiger partial charge < -0.3 is 9.80 Å². The molecule has 2 aromatic rings. The maximum atomic E-state index is 13.0. The predicted molar refractivity (Wildman–Crippen MR) is 97.7 cm³/mol. The number of hydrogen-bond acceptors (Lipinski definition) is 6. The Morgan fingerprint density at radius 1 is 1.18 bits per heavy atom. The van der Waals surface area contributed by atoms with Gasteiger partial charge in [-0.1, -0.05) is 0 Å². The van der Waals surface area contributed by atoms with E-state index in [0.29, 0.717) is 32.5 Å². The fraction of sp³-hybridized carbons (Fsp3) is 0.556. The molecule has 4 rings (SSSR count). The summed E-state index contributed by atoms with van der Waals surface area (Å²) in [4.78, 5) is 28.9. The Bertz CT molecular complexity index is 844. The van der Waals surface area contributed by atoms with Gasteiger partial charge in [0, 0.05) is 42.2 Å². The average Bonchev–Trinajstić information content (AvgIpc) is 3.21. The van der Waals surface area contributed by atoms with Gasteiger partial charge in [-0.15, -0.1) is 11.3 Å². The number of rotatable bonds is 3. The molecule has 1 spiro atoms. The zero-order valence-corrected chi connectivity index (χ0v) is 16.0. The number of halogens is 3. The minimum Gasteiger partial charge on any atom is -0.356 e. The van der Waals surface area contributed by atoms with E-state index in [0.717, 1.165) is 36.5 Å². The summed E-state index contributed by atoms with van der Waals surface area (Å²) in [6, 6.07) is 1.01.